The number of hydrogen-bond acceptors (Lipinski definition) is 3. The lowest BCUT2D eigenvalue weighted by molar-refractivity contribution is 0.0735. The molecule has 31 heavy (non-hydrogen) atoms. The maximum absolute atomic E-state index is 13.5. The largest absolute Gasteiger partial charge is 0.423 e. The SMILES string of the molecule is Cc1ccc(-c2nc3c(C)cc(C)cc3c(C(=O)Oc3cccc(C)c3C)c2C)cc1. The van der Waals surface area contributed by atoms with Gasteiger partial charge in [-0.2, -0.15) is 0 Å². The van der Waals surface area contributed by atoms with Crippen LogP contribution in [-0.4, -0.2) is 11.0 Å². The molecule has 0 aliphatic rings. The fourth-order valence-electron chi connectivity index (χ4n) is 4.06. The molecule has 0 saturated carbocycles. The Balaban J connectivity index is 1.95. The van der Waals surface area contributed by atoms with Gasteiger partial charge in [0.25, 0.3) is 0 Å². The van der Waals surface area contributed by atoms with Crippen molar-refractivity contribution in [1.29, 1.82) is 0 Å². The molecule has 0 fully saturated rings. The van der Waals surface area contributed by atoms with E-state index in [0.717, 1.165) is 50.0 Å². The molecule has 0 bridgehead atoms. The van der Waals surface area contributed by atoms with Gasteiger partial charge < -0.3 is 4.74 Å². The van der Waals surface area contributed by atoms with Crippen LogP contribution >= 0.6 is 0 Å². The fourth-order valence-corrected chi connectivity index (χ4v) is 4.06. The van der Waals surface area contributed by atoms with E-state index < -0.39 is 0 Å². The van der Waals surface area contributed by atoms with Gasteiger partial charge in [-0.3, -0.25) is 0 Å². The molecule has 0 aliphatic heterocycles. The van der Waals surface area contributed by atoms with Crippen molar-refractivity contribution in [2.24, 2.45) is 0 Å². The summed E-state index contributed by atoms with van der Waals surface area (Å²) in [6.07, 6.45) is 0. The highest BCUT2D eigenvalue weighted by atomic mass is 16.5. The van der Waals surface area contributed by atoms with Crippen molar-refractivity contribution < 1.29 is 9.53 Å². The summed E-state index contributed by atoms with van der Waals surface area (Å²) in [5.74, 6) is 0.243. The van der Waals surface area contributed by atoms with Crippen molar-refractivity contribution >= 4 is 16.9 Å². The van der Waals surface area contributed by atoms with Gasteiger partial charge in [-0.05, 0) is 75.9 Å². The third-order valence-corrected chi connectivity index (χ3v) is 5.95. The molecule has 0 saturated heterocycles. The number of benzene rings is 3. The van der Waals surface area contributed by atoms with E-state index in [0.29, 0.717) is 11.3 Å². The van der Waals surface area contributed by atoms with E-state index in [4.69, 9.17) is 9.72 Å². The van der Waals surface area contributed by atoms with Crippen molar-refractivity contribution in [3.8, 4) is 17.0 Å². The van der Waals surface area contributed by atoms with Crippen molar-refractivity contribution in [2.75, 3.05) is 0 Å². The number of rotatable bonds is 3. The van der Waals surface area contributed by atoms with E-state index in [1.54, 1.807) is 0 Å². The number of ether oxygens (including phenoxy) is 1. The van der Waals surface area contributed by atoms with Crippen LogP contribution in [0, 0.1) is 41.5 Å². The van der Waals surface area contributed by atoms with E-state index in [2.05, 4.69) is 37.3 Å². The van der Waals surface area contributed by atoms with E-state index in [9.17, 15) is 4.79 Å². The second-order valence-electron chi connectivity index (χ2n) is 8.39. The molecule has 0 radical (unpaired) electrons. The summed E-state index contributed by atoms with van der Waals surface area (Å²) in [6.45, 7) is 12.1. The number of aromatic nitrogens is 1. The molecule has 0 amide bonds. The lowest BCUT2D eigenvalue weighted by Gasteiger charge is -2.17. The Bertz CT molecular complexity index is 1320. The minimum absolute atomic E-state index is 0.350. The molecular weight excluding hydrogens is 382 g/mol. The molecule has 1 aromatic heterocycles. The van der Waals surface area contributed by atoms with Crippen molar-refractivity contribution in [2.45, 2.75) is 41.5 Å². The number of fused-ring (bicyclic) bond motifs is 1. The summed E-state index contributed by atoms with van der Waals surface area (Å²) >= 11 is 0. The number of aryl methyl sites for hydroxylation is 4. The first kappa shape index (κ1) is 20.8. The van der Waals surface area contributed by atoms with Gasteiger partial charge in [0.15, 0.2) is 0 Å². The fraction of sp³-hybridized carbons (Fsp3) is 0.214. The van der Waals surface area contributed by atoms with Crippen LogP contribution in [0.1, 0.15) is 43.7 Å². The highest BCUT2D eigenvalue weighted by Gasteiger charge is 2.22. The molecule has 0 atom stereocenters. The lowest BCUT2D eigenvalue weighted by Crippen LogP contribution is -2.14. The Labute approximate surface area is 183 Å². The Kier molecular flexibility index (Phi) is 5.36. The van der Waals surface area contributed by atoms with E-state index in [1.165, 1.54) is 5.56 Å². The second-order valence-corrected chi connectivity index (χ2v) is 8.39. The predicted octanol–water partition coefficient (Wildman–Crippen LogP) is 6.97. The molecule has 3 aromatic carbocycles. The first-order chi connectivity index (χ1) is 14.8. The lowest BCUT2D eigenvalue weighted by atomic mass is 9.95. The molecule has 1 heterocycles. The first-order valence-electron chi connectivity index (χ1n) is 10.5. The minimum Gasteiger partial charge on any atom is -0.423 e. The summed E-state index contributed by atoms with van der Waals surface area (Å²) in [7, 11) is 0. The van der Waals surface area contributed by atoms with Gasteiger partial charge in [-0.25, -0.2) is 9.78 Å². The molecule has 4 aromatic rings. The molecule has 156 valence electrons. The van der Waals surface area contributed by atoms with Crippen molar-refractivity contribution in [3.05, 3.63) is 93.5 Å². The van der Waals surface area contributed by atoms with Gasteiger partial charge in [-0.15, -0.1) is 0 Å². The van der Waals surface area contributed by atoms with Gasteiger partial charge in [0, 0.05) is 10.9 Å². The monoisotopic (exact) mass is 409 g/mol. The highest BCUT2D eigenvalue weighted by molar-refractivity contribution is 6.08. The smallest absolute Gasteiger partial charge is 0.344 e. The summed E-state index contributed by atoms with van der Waals surface area (Å²) in [5.41, 5.74) is 9.43. The Morgan fingerprint density at radius 1 is 0.774 bits per heavy atom. The first-order valence-corrected chi connectivity index (χ1v) is 10.5. The van der Waals surface area contributed by atoms with Gasteiger partial charge in [0.2, 0.25) is 0 Å². The summed E-state index contributed by atoms with van der Waals surface area (Å²) in [5, 5.41) is 0.834. The molecule has 4 rings (SSSR count). The molecule has 3 heteroatoms. The maximum atomic E-state index is 13.5. The van der Waals surface area contributed by atoms with Gasteiger partial charge in [0.05, 0.1) is 16.8 Å². The van der Waals surface area contributed by atoms with Crippen LogP contribution in [0.25, 0.3) is 22.2 Å². The highest BCUT2D eigenvalue weighted by Crippen LogP contribution is 2.33. The molecule has 0 N–H and O–H groups in total. The van der Waals surface area contributed by atoms with Crippen LogP contribution in [0.15, 0.2) is 54.6 Å². The van der Waals surface area contributed by atoms with E-state index >= 15 is 0 Å². The Morgan fingerprint density at radius 3 is 2.19 bits per heavy atom. The summed E-state index contributed by atoms with van der Waals surface area (Å²) in [4.78, 5) is 18.5. The van der Waals surface area contributed by atoms with E-state index in [-0.39, 0.29) is 5.97 Å². The third kappa shape index (κ3) is 3.84. The average molecular weight is 410 g/mol. The zero-order valence-corrected chi connectivity index (χ0v) is 19.0. The number of carbonyl (C=O) groups is 1. The average Bonchev–Trinajstić information content (AvgIpc) is 2.71. The zero-order chi connectivity index (χ0) is 22.3. The third-order valence-electron chi connectivity index (χ3n) is 5.95. The van der Waals surface area contributed by atoms with Crippen LogP contribution in [0.3, 0.4) is 0 Å². The Morgan fingerprint density at radius 2 is 1.48 bits per heavy atom. The molecule has 0 unspecified atom stereocenters. The van der Waals surface area contributed by atoms with Gasteiger partial charge >= 0.3 is 5.97 Å². The minimum atomic E-state index is -0.350. The van der Waals surface area contributed by atoms with Crippen LogP contribution < -0.4 is 4.74 Å². The number of pyridine rings is 1. The normalized spacial score (nSPS) is 11.0. The number of esters is 1. The maximum Gasteiger partial charge on any atom is 0.344 e. The zero-order valence-electron chi connectivity index (χ0n) is 19.0. The quantitative estimate of drug-likeness (QED) is 0.271. The summed E-state index contributed by atoms with van der Waals surface area (Å²) in [6, 6.07) is 18.1. The van der Waals surface area contributed by atoms with Crippen LogP contribution in [0.2, 0.25) is 0 Å². The Hall–Kier alpha value is -3.46. The molecule has 0 spiro atoms. The number of carbonyl (C=O) groups excluding carboxylic acids is 1. The van der Waals surface area contributed by atoms with E-state index in [1.807, 2.05) is 58.9 Å². The van der Waals surface area contributed by atoms with Crippen molar-refractivity contribution in [1.82, 2.24) is 4.98 Å². The standard InChI is InChI=1S/C28H27NO2/c1-16-10-12-22(13-11-16)27-21(6)25(23-15-17(2)14-19(4)26(23)29-27)28(30)31-24-9-7-8-18(3)20(24)5/h7-15H,1-6H3. The number of nitrogens with zero attached hydrogens (tertiary/aromatic N) is 1. The topological polar surface area (TPSA) is 39.2 Å². The predicted molar refractivity (Wildman–Crippen MR) is 127 cm³/mol. The van der Waals surface area contributed by atoms with Gasteiger partial charge in [-0.1, -0.05) is 53.6 Å². The van der Waals surface area contributed by atoms with Gasteiger partial charge in [0.1, 0.15) is 5.75 Å². The van der Waals surface area contributed by atoms with Crippen LogP contribution in [0.5, 0.6) is 5.75 Å². The van der Waals surface area contributed by atoms with Crippen LogP contribution in [-0.2, 0) is 0 Å². The number of hydrogen-bond donors (Lipinski definition) is 0. The summed E-state index contributed by atoms with van der Waals surface area (Å²) < 4.78 is 5.92. The second kappa shape index (κ2) is 7.99. The molecule has 3 nitrogen and oxygen atoms in total. The molecular formula is C28H27NO2. The van der Waals surface area contributed by atoms with Crippen molar-refractivity contribution in [3.63, 3.8) is 0 Å². The molecule has 0 aliphatic carbocycles. The van der Waals surface area contributed by atoms with Crippen LogP contribution in [0.4, 0.5) is 0 Å².